The van der Waals surface area contributed by atoms with E-state index in [9.17, 15) is 9.59 Å². The summed E-state index contributed by atoms with van der Waals surface area (Å²) in [7, 11) is 0. The summed E-state index contributed by atoms with van der Waals surface area (Å²) in [6.07, 6.45) is 0. The summed E-state index contributed by atoms with van der Waals surface area (Å²) in [6.45, 7) is 3.89. The molecule has 2 aromatic carbocycles. The first kappa shape index (κ1) is 17.8. The monoisotopic (exact) mass is 398 g/mol. The summed E-state index contributed by atoms with van der Waals surface area (Å²) in [6, 6.07) is 12.6. The Balaban J connectivity index is 1.66. The van der Waals surface area contributed by atoms with Crippen LogP contribution in [0.4, 0.5) is 0 Å². The highest BCUT2D eigenvalue weighted by atomic mass is 35.5. The van der Waals surface area contributed by atoms with E-state index >= 15 is 0 Å². The van der Waals surface area contributed by atoms with Gasteiger partial charge in [-0.05, 0) is 43.2 Å². The molecule has 0 radical (unpaired) electrons. The van der Waals surface area contributed by atoms with Gasteiger partial charge in [0.1, 0.15) is 17.1 Å². The molecule has 2 heterocycles. The first-order chi connectivity index (χ1) is 12.9. The number of aryl methyl sites for hydroxylation is 2. The first-order valence-electron chi connectivity index (χ1n) is 8.32. The maximum absolute atomic E-state index is 12.6. The molecule has 0 N–H and O–H groups in total. The van der Waals surface area contributed by atoms with Gasteiger partial charge in [0, 0.05) is 27.1 Å². The van der Waals surface area contributed by atoms with Crippen molar-refractivity contribution in [1.82, 2.24) is 0 Å². The van der Waals surface area contributed by atoms with E-state index in [4.69, 9.17) is 20.8 Å². The van der Waals surface area contributed by atoms with Crippen molar-refractivity contribution < 1.29 is 13.9 Å². The van der Waals surface area contributed by atoms with E-state index in [1.807, 2.05) is 50.2 Å². The van der Waals surface area contributed by atoms with Gasteiger partial charge >= 0.3 is 11.6 Å². The van der Waals surface area contributed by atoms with Gasteiger partial charge in [0.25, 0.3) is 0 Å². The van der Waals surface area contributed by atoms with Gasteiger partial charge in [0.2, 0.25) is 0 Å². The van der Waals surface area contributed by atoms with E-state index < -0.39 is 11.6 Å². The number of ether oxygens (including phenoxy) is 1. The third kappa shape index (κ3) is 3.24. The van der Waals surface area contributed by atoms with Crippen LogP contribution in [-0.4, -0.2) is 5.97 Å². The minimum Gasteiger partial charge on any atom is -0.457 e. The van der Waals surface area contributed by atoms with Crippen molar-refractivity contribution >= 4 is 50.0 Å². The lowest BCUT2D eigenvalue weighted by Crippen LogP contribution is -2.07. The van der Waals surface area contributed by atoms with Crippen molar-refractivity contribution in [3.63, 3.8) is 0 Å². The van der Waals surface area contributed by atoms with Crippen molar-refractivity contribution in [2.75, 3.05) is 0 Å². The number of carbonyl (C=O) groups is 1. The topological polar surface area (TPSA) is 56.5 Å². The molecule has 136 valence electrons. The Hall–Kier alpha value is -2.63. The highest BCUT2D eigenvalue weighted by molar-refractivity contribution is 7.21. The highest BCUT2D eigenvalue weighted by Crippen LogP contribution is 2.35. The molecule has 0 aliphatic heterocycles. The molecule has 0 saturated heterocycles. The van der Waals surface area contributed by atoms with Gasteiger partial charge in [0.15, 0.2) is 0 Å². The largest absolute Gasteiger partial charge is 0.457 e. The number of esters is 1. The Morgan fingerprint density at radius 3 is 2.63 bits per heavy atom. The lowest BCUT2D eigenvalue weighted by molar-refractivity contribution is 0.0480. The van der Waals surface area contributed by atoms with Crippen LogP contribution in [0.5, 0.6) is 0 Å². The second-order valence-electron chi connectivity index (χ2n) is 6.34. The number of benzene rings is 2. The molecule has 4 nitrogen and oxygen atoms in total. The number of fused-ring (bicyclic) bond motifs is 2. The third-order valence-corrected chi connectivity index (χ3v) is 6.18. The van der Waals surface area contributed by atoms with E-state index in [1.54, 1.807) is 0 Å². The summed E-state index contributed by atoms with van der Waals surface area (Å²) in [5, 5.41) is 1.98. The maximum Gasteiger partial charge on any atom is 0.350 e. The fourth-order valence-electron chi connectivity index (χ4n) is 2.96. The second-order valence-corrected chi connectivity index (χ2v) is 7.77. The molecule has 4 rings (SSSR count). The van der Waals surface area contributed by atoms with Gasteiger partial charge in [-0.1, -0.05) is 29.8 Å². The molecule has 0 spiro atoms. The molecule has 2 aromatic heterocycles. The van der Waals surface area contributed by atoms with Crippen LogP contribution in [0.3, 0.4) is 0 Å². The molecule has 0 amide bonds. The average molecular weight is 399 g/mol. The molecule has 27 heavy (non-hydrogen) atoms. The Bertz CT molecular complexity index is 1250. The Morgan fingerprint density at radius 1 is 1.11 bits per heavy atom. The van der Waals surface area contributed by atoms with Gasteiger partial charge in [0.05, 0.1) is 5.02 Å². The molecule has 0 unspecified atom stereocenters. The Kier molecular flexibility index (Phi) is 4.50. The van der Waals surface area contributed by atoms with Crippen LogP contribution in [0.15, 0.2) is 51.7 Å². The average Bonchev–Trinajstić information content (AvgIpc) is 2.98. The van der Waals surface area contributed by atoms with E-state index in [2.05, 4.69) is 0 Å². The van der Waals surface area contributed by atoms with Crippen LogP contribution in [-0.2, 0) is 11.3 Å². The standard InChI is InChI=1S/C21H15ClO4S/c1-11-7-15-13(9-18(23)26-16(15)8-12(11)2)10-25-21(24)20-19(22)14-5-3-4-6-17(14)27-20/h3-9H,10H2,1-2H3. The molecular weight excluding hydrogens is 384 g/mol. The maximum atomic E-state index is 12.6. The summed E-state index contributed by atoms with van der Waals surface area (Å²) < 4.78 is 11.7. The number of carbonyl (C=O) groups excluding carboxylic acids is 1. The van der Waals surface area contributed by atoms with Crippen LogP contribution in [0.2, 0.25) is 5.02 Å². The number of halogens is 1. The summed E-state index contributed by atoms with van der Waals surface area (Å²) in [5.74, 6) is -0.508. The SMILES string of the molecule is Cc1cc2oc(=O)cc(COC(=O)c3sc4ccccc4c3Cl)c2cc1C. The summed E-state index contributed by atoms with van der Waals surface area (Å²) >= 11 is 7.63. The van der Waals surface area contributed by atoms with Gasteiger partial charge in [-0.2, -0.15) is 0 Å². The van der Waals surface area contributed by atoms with Crippen molar-refractivity contribution in [2.24, 2.45) is 0 Å². The summed E-state index contributed by atoms with van der Waals surface area (Å²) in [4.78, 5) is 24.8. The Morgan fingerprint density at radius 2 is 1.85 bits per heavy atom. The van der Waals surface area contributed by atoms with Gasteiger partial charge in [-0.15, -0.1) is 11.3 Å². The molecule has 0 bridgehead atoms. The molecule has 0 aliphatic carbocycles. The molecule has 0 aliphatic rings. The second kappa shape index (κ2) is 6.83. The minimum atomic E-state index is -0.508. The number of hydrogen-bond donors (Lipinski definition) is 0. The Labute approximate surface area is 163 Å². The van der Waals surface area contributed by atoms with E-state index in [-0.39, 0.29) is 6.61 Å². The lowest BCUT2D eigenvalue weighted by Gasteiger charge is -2.09. The van der Waals surface area contributed by atoms with Crippen LogP contribution in [0.1, 0.15) is 26.4 Å². The number of rotatable bonds is 3. The lowest BCUT2D eigenvalue weighted by atomic mass is 10.0. The molecular formula is C21H15ClO4S. The fraction of sp³-hybridized carbons (Fsp3) is 0.143. The van der Waals surface area contributed by atoms with Crippen LogP contribution >= 0.6 is 22.9 Å². The predicted octanol–water partition coefficient (Wildman–Crippen LogP) is 5.63. The predicted molar refractivity (Wildman–Crippen MR) is 108 cm³/mol. The van der Waals surface area contributed by atoms with Crippen molar-refractivity contribution in [3.05, 3.63) is 79.5 Å². The number of hydrogen-bond acceptors (Lipinski definition) is 5. The first-order valence-corrected chi connectivity index (χ1v) is 9.51. The zero-order valence-electron chi connectivity index (χ0n) is 14.7. The smallest absolute Gasteiger partial charge is 0.350 e. The molecule has 0 atom stereocenters. The molecule has 6 heteroatoms. The number of thiophene rings is 1. The highest BCUT2D eigenvalue weighted by Gasteiger charge is 2.19. The van der Waals surface area contributed by atoms with E-state index in [1.165, 1.54) is 17.4 Å². The van der Waals surface area contributed by atoms with Gasteiger partial charge < -0.3 is 9.15 Å². The quantitative estimate of drug-likeness (QED) is 0.331. The molecule has 0 saturated carbocycles. The fourth-order valence-corrected chi connectivity index (χ4v) is 4.36. The van der Waals surface area contributed by atoms with Crippen LogP contribution in [0, 0.1) is 13.8 Å². The van der Waals surface area contributed by atoms with Gasteiger partial charge in [-0.25, -0.2) is 9.59 Å². The van der Waals surface area contributed by atoms with E-state index in [0.29, 0.717) is 21.0 Å². The van der Waals surface area contributed by atoms with Crippen LogP contribution < -0.4 is 5.63 Å². The van der Waals surface area contributed by atoms with Crippen LogP contribution in [0.25, 0.3) is 21.1 Å². The minimum absolute atomic E-state index is 0.0337. The van der Waals surface area contributed by atoms with E-state index in [0.717, 1.165) is 26.6 Å². The van der Waals surface area contributed by atoms with Crippen molar-refractivity contribution in [2.45, 2.75) is 20.5 Å². The zero-order chi connectivity index (χ0) is 19.1. The zero-order valence-corrected chi connectivity index (χ0v) is 16.2. The van der Waals surface area contributed by atoms with Crippen molar-refractivity contribution in [1.29, 1.82) is 0 Å². The molecule has 0 fully saturated rings. The molecule has 4 aromatic rings. The third-order valence-electron chi connectivity index (χ3n) is 4.52. The van der Waals surface area contributed by atoms with Gasteiger partial charge in [-0.3, -0.25) is 0 Å². The summed E-state index contributed by atoms with van der Waals surface area (Å²) in [5.41, 5.74) is 2.71. The normalized spacial score (nSPS) is 11.2. The van der Waals surface area contributed by atoms with Crippen molar-refractivity contribution in [3.8, 4) is 0 Å².